The molecule has 1 N–H and O–H groups in total. The highest BCUT2D eigenvalue weighted by Gasteiger charge is 2.19. The van der Waals surface area contributed by atoms with Crippen LogP contribution in [0.5, 0.6) is 5.75 Å². The molecule has 170 valence electrons. The highest BCUT2D eigenvalue weighted by Crippen LogP contribution is 2.26. The Balaban J connectivity index is 1.60. The molecular weight excluding hydrogens is 464 g/mol. The lowest BCUT2D eigenvalue weighted by Gasteiger charge is -2.22. The number of hydrogen-bond donors (Lipinski definition) is 1. The Morgan fingerprint density at radius 1 is 1.28 bits per heavy atom. The van der Waals surface area contributed by atoms with Crippen molar-refractivity contribution in [1.29, 1.82) is 0 Å². The van der Waals surface area contributed by atoms with E-state index in [0.717, 1.165) is 37.1 Å². The summed E-state index contributed by atoms with van der Waals surface area (Å²) in [6.07, 6.45) is 5.65. The van der Waals surface area contributed by atoms with E-state index in [1.165, 1.54) is 34.1 Å². The van der Waals surface area contributed by atoms with Gasteiger partial charge in [0, 0.05) is 18.8 Å². The number of nitrogens with one attached hydrogen (secondary N) is 1. The monoisotopic (exact) mass is 490 g/mol. The van der Waals surface area contributed by atoms with Crippen LogP contribution in [-0.2, 0) is 11.8 Å². The number of carbonyl (C=O) groups is 1. The number of thiazole rings is 1. The van der Waals surface area contributed by atoms with Crippen LogP contribution in [-0.4, -0.2) is 38.4 Å². The molecule has 0 radical (unpaired) electrons. The molecule has 4 rings (SSSR count). The van der Waals surface area contributed by atoms with Gasteiger partial charge in [0.15, 0.2) is 14.8 Å². The number of aromatic nitrogens is 3. The van der Waals surface area contributed by atoms with E-state index < -0.39 is 0 Å². The van der Waals surface area contributed by atoms with Crippen LogP contribution in [0, 0.1) is 3.95 Å². The van der Waals surface area contributed by atoms with Crippen LogP contribution in [0.15, 0.2) is 34.2 Å². The van der Waals surface area contributed by atoms with Gasteiger partial charge in [-0.2, -0.15) is 0 Å². The van der Waals surface area contributed by atoms with Gasteiger partial charge in [-0.15, -0.1) is 0 Å². The minimum atomic E-state index is -0.161. The Morgan fingerprint density at radius 3 is 2.69 bits per heavy atom. The number of nitrogens with zero attached hydrogens (tertiary/aromatic N) is 3. The summed E-state index contributed by atoms with van der Waals surface area (Å²) in [7, 11) is 1.68. The van der Waals surface area contributed by atoms with E-state index in [-0.39, 0.29) is 23.3 Å². The predicted octanol–water partition coefficient (Wildman–Crippen LogP) is 4.45. The molecule has 2 heterocycles. The van der Waals surface area contributed by atoms with E-state index in [4.69, 9.17) is 21.9 Å². The van der Waals surface area contributed by atoms with Crippen LogP contribution < -0.4 is 15.6 Å². The molecule has 1 amide bonds. The minimum absolute atomic E-state index is 0.0232. The first-order valence-electron chi connectivity index (χ1n) is 10.8. The molecule has 0 atom stereocenters. The van der Waals surface area contributed by atoms with Gasteiger partial charge in [-0.1, -0.05) is 42.4 Å². The average Bonchev–Trinajstić information content (AvgIpc) is 3.13. The molecule has 1 fully saturated rings. The van der Waals surface area contributed by atoms with Gasteiger partial charge in [0.2, 0.25) is 5.91 Å². The molecule has 1 aromatic carbocycles. The summed E-state index contributed by atoms with van der Waals surface area (Å²) in [5.41, 5.74) is 1.17. The fourth-order valence-electron chi connectivity index (χ4n) is 3.87. The number of fused-ring (bicyclic) bond motifs is 1. The van der Waals surface area contributed by atoms with Crippen molar-refractivity contribution in [3.8, 4) is 11.4 Å². The lowest BCUT2D eigenvalue weighted by molar-refractivity contribution is -0.119. The van der Waals surface area contributed by atoms with Crippen LogP contribution in [0.3, 0.4) is 0 Å². The van der Waals surface area contributed by atoms with Crippen molar-refractivity contribution in [2.75, 3.05) is 12.4 Å². The van der Waals surface area contributed by atoms with Gasteiger partial charge in [0.05, 0.1) is 12.4 Å². The van der Waals surface area contributed by atoms with Crippen LogP contribution in [0.1, 0.15) is 39.0 Å². The van der Waals surface area contributed by atoms with Crippen molar-refractivity contribution < 1.29 is 9.53 Å². The highest BCUT2D eigenvalue weighted by atomic mass is 32.2. The summed E-state index contributed by atoms with van der Waals surface area (Å²) in [4.78, 5) is 30.2. The molecule has 1 aliphatic carbocycles. The first kappa shape index (κ1) is 23.0. The maximum absolute atomic E-state index is 13.0. The van der Waals surface area contributed by atoms with Crippen molar-refractivity contribution in [2.45, 2.75) is 50.2 Å². The summed E-state index contributed by atoms with van der Waals surface area (Å²) in [5.74, 6) is 0.965. The third-order valence-electron chi connectivity index (χ3n) is 5.48. The summed E-state index contributed by atoms with van der Waals surface area (Å²) in [6, 6.07) is 7.80. The van der Waals surface area contributed by atoms with Crippen molar-refractivity contribution in [1.82, 2.24) is 19.4 Å². The summed E-state index contributed by atoms with van der Waals surface area (Å²) < 4.78 is 9.86. The van der Waals surface area contributed by atoms with E-state index in [1.807, 2.05) is 31.2 Å². The van der Waals surface area contributed by atoms with Crippen molar-refractivity contribution in [3.63, 3.8) is 0 Å². The molecule has 0 aliphatic heterocycles. The number of rotatable bonds is 7. The second-order valence-corrected chi connectivity index (χ2v) is 10.3. The van der Waals surface area contributed by atoms with Crippen molar-refractivity contribution in [3.05, 3.63) is 38.6 Å². The second kappa shape index (κ2) is 10.2. The Bertz CT molecular complexity index is 1220. The Morgan fingerprint density at radius 2 is 2.00 bits per heavy atom. The SMILES string of the molecule is CCOc1ccc(-n2c(=S)sc3c(=O)n(C)c(SCC(=O)NC4CCCCC4)nc32)cc1. The van der Waals surface area contributed by atoms with Crippen LogP contribution in [0.25, 0.3) is 16.0 Å². The standard InChI is InChI=1S/C22H26N4O3S3/c1-3-29-16-11-9-15(10-12-16)26-19-18(32-22(26)30)20(28)25(2)21(24-19)31-13-17(27)23-14-7-5-4-6-8-14/h9-12,14H,3-8,13H2,1-2H3,(H,23,27). The van der Waals surface area contributed by atoms with E-state index >= 15 is 0 Å². The predicted molar refractivity (Wildman–Crippen MR) is 132 cm³/mol. The van der Waals surface area contributed by atoms with Crippen molar-refractivity contribution >= 4 is 51.6 Å². The van der Waals surface area contributed by atoms with Gasteiger partial charge < -0.3 is 10.1 Å². The molecule has 1 saturated carbocycles. The highest BCUT2D eigenvalue weighted by molar-refractivity contribution is 7.99. The molecule has 3 aromatic rings. The summed E-state index contributed by atoms with van der Waals surface area (Å²) >= 11 is 8.07. The number of ether oxygens (including phenoxy) is 1. The number of carbonyl (C=O) groups excluding carboxylic acids is 1. The van der Waals surface area contributed by atoms with Crippen molar-refractivity contribution in [2.24, 2.45) is 7.05 Å². The molecule has 1 aliphatic rings. The zero-order valence-corrected chi connectivity index (χ0v) is 20.6. The smallest absolute Gasteiger partial charge is 0.273 e. The molecule has 0 saturated heterocycles. The van der Waals surface area contributed by atoms with Crippen LogP contribution in [0.2, 0.25) is 0 Å². The Kier molecular flexibility index (Phi) is 7.32. The molecule has 10 heteroatoms. The maximum Gasteiger partial charge on any atom is 0.273 e. The van der Waals surface area contributed by atoms with Gasteiger partial charge in [0.1, 0.15) is 10.4 Å². The number of hydrogen-bond acceptors (Lipinski definition) is 7. The lowest BCUT2D eigenvalue weighted by atomic mass is 9.95. The third kappa shape index (κ3) is 4.92. The van der Waals surface area contributed by atoms with Gasteiger partial charge in [-0.25, -0.2) is 4.98 Å². The van der Waals surface area contributed by atoms with Gasteiger partial charge >= 0.3 is 0 Å². The molecule has 0 bridgehead atoms. The van der Waals surface area contributed by atoms with Gasteiger partial charge in [0.25, 0.3) is 5.56 Å². The molecule has 0 unspecified atom stereocenters. The largest absolute Gasteiger partial charge is 0.494 e. The summed E-state index contributed by atoms with van der Waals surface area (Å²) in [5, 5.41) is 3.60. The molecule has 0 spiro atoms. The van der Waals surface area contributed by atoms with E-state index in [1.54, 1.807) is 11.6 Å². The number of benzene rings is 1. The summed E-state index contributed by atoms with van der Waals surface area (Å²) in [6.45, 7) is 2.53. The Hall–Kier alpha value is -2.17. The topological polar surface area (TPSA) is 78.1 Å². The second-order valence-electron chi connectivity index (χ2n) is 7.73. The van der Waals surface area contributed by atoms with Gasteiger partial charge in [-0.3, -0.25) is 18.7 Å². The average molecular weight is 491 g/mol. The number of amides is 1. The van der Waals surface area contributed by atoms with E-state index in [0.29, 0.717) is 26.1 Å². The fourth-order valence-corrected chi connectivity index (χ4v) is 6.00. The normalized spacial score (nSPS) is 14.6. The molecule has 7 nitrogen and oxygen atoms in total. The zero-order valence-electron chi connectivity index (χ0n) is 18.1. The van der Waals surface area contributed by atoms with E-state index in [2.05, 4.69) is 5.32 Å². The van der Waals surface area contributed by atoms with Crippen LogP contribution in [0.4, 0.5) is 0 Å². The Labute approximate surface area is 199 Å². The first-order valence-corrected chi connectivity index (χ1v) is 13.0. The minimum Gasteiger partial charge on any atom is -0.494 e. The fraction of sp³-hybridized carbons (Fsp3) is 0.455. The third-order valence-corrected chi connectivity index (χ3v) is 7.86. The van der Waals surface area contributed by atoms with Crippen LogP contribution >= 0.6 is 35.3 Å². The van der Waals surface area contributed by atoms with E-state index in [9.17, 15) is 9.59 Å². The maximum atomic E-state index is 13.0. The van der Waals surface area contributed by atoms with Gasteiger partial charge in [-0.05, 0) is 56.2 Å². The first-order chi connectivity index (χ1) is 15.5. The number of thioether (sulfide) groups is 1. The zero-order chi connectivity index (χ0) is 22.7. The molecule has 32 heavy (non-hydrogen) atoms. The molecule has 2 aromatic heterocycles. The lowest BCUT2D eigenvalue weighted by Crippen LogP contribution is -2.37. The quantitative estimate of drug-likeness (QED) is 0.299. The molecular formula is C22H26N4O3S3.